The second-order valence-corrected chi connectivity index (χ2v) is 6.98. The van der Waals surface area contributed by atoms with E-state index in [-0.39, 0.29) is 17.5 Å². The minimum absolute atomic E-state index is 0.110. The minimum atomic E-state index is -0.480. The van der Waals surface area contributed by atoms with Crippen LogP contribution in [0.15, 0.2) is 30.5 Å². The van der Waals surface area contributed by atoms with Crippen molar-refractivity contribution >= 4 is 11.6 Å². The van der Waals surface area contributed by atoms with E-state index in [1.165, 1.54) is 24.4 Å². The van der Waals surface area contributed by atoms with Crippen LogP contribution in [0.5, 0.6) is 0 Å². The lowest BCUT2D eigenvalue weighted by Crippen LogP contribution is -2.34. The number of nitrogens with one attached hydrogen (secondary N) is 1. The van der Waals surface area contributed by atoms with Crippen molar-refractivity contribution in [2.75, 3.05) is 0 Å². The highest BCUT2D eigenvalue weighted by Crippen LogP contribution is 2.32. The molecule has 2 aromatic heterocycles. The molecule has 7 heteroatoms. The Kier molecular flexibility index (Phi) is 4.11. The van der Waals surface area contributed by atoms with Gasteiger partial charge in [0.25, 0.3) is 5.91 Å². The van der Waals surface area contributed by atoms with Crippen molar-refractivity contribution in [2.45, 2.75) is 32.7 Å². The lowest BCUT2D eigenvalue weighted by atomic mass is 10.0. The Morgan fingerprint density at radius 3 is 2.89 bits per heavy atom. The number of nitriles is 1. The smallest absolute Gasteiger partial charge is 0.256 e. The van der Waals surface area contributed by atoms with Gasteiger partial charge in [0, 0.05) is 17.3 Å². The maximum Gasteiger partial charge on any atom is 0.256 e. The molecule has 1 aliphatic carbocycles. The number of hydrogen-bond acceptors (Lipinski definition) is 4. The Morgan fingerprint density at radius 2 is 2.19 bits per heavy atom. The van der Waals surface area contributed by atoms with Gasteiger partial charge in [-0.3, -0.25) is 4.79 Å². The Morgan fingerprint density at radius 1 is 1.41 bits per heavy atom. The molecular weight excluding hydrogens is 345 g/mol. The van der Waals surface area contributed by atoms with Crippen molar-refractivity contribution < 1.29 is 9.18 Å². The van der Waals surface area contributed by atoms with E-state index in [0.29, 0.717) is 28.4 Å². The number of hydrogen-bond donors (Lipinski definition) is 1. The molecule has 1 saturated carbocycles. The van der Waals surface area contributed by atoms with Crippen molar-refractivity contribution in [3.63, 3.8) is 0 Å². The molecule has 0 unspecified atom stereocenters. The predicted molar refractivity (Wildman–Crippen MR) is 97.5 cm³/mol. The number of nitrogens with zero attached hydrogens (tertiary/aromatic N) is 4. The average Bonchev–Trinajstić information content (AvgIpc) is 3.41. The summed E-state index contributed by atoms with van der Waals surface area (Å²) < 4.78 is 15.0. The molecular formula is C20H18FN5O. The number of amides is 1. The molecule has 0 spiro atoms. The predicted octanol–water partition coefficient (Wildman–Crippen LogP) is 3.24. The zero-order valence-corrected chi connectivity index (χ0v) is 15.0. The summed E-state index contributed by atoms with van der Waals surface area (Å²) in [6, 6.07) is 7.87. The van der Waals surface area contributed by atoms with Crippen molar-refractivity contribution in [2.24, 2.45) is 5.92 Å². The van der Waals surface area contributed by atoms with Crippen LogP contribution in [-0.2, 0) is 0 Å². The largest absolute Gasteiger partial charge is 0.349 e. The second kappa shape index (κ2) is 6.47. The molecule has 6 nitrogen and oxygen atoms in total. The number of fused-ring (bicyclic) bond motifs is 1. The Bertz CT molecular complexity index is 1090. The van der Waals surface area contributed by atoms with Crippen LogP contribution in [0, 0.1) is 30.0 Å². The molecule has 1 atom stereocenters. The van der Waals surface area contributed by atoms with Gasteiger partial charge >= 0.3 is 0 Å². The summed E-state index contributed by atoms with van der Waals surface area (Å²) in [5, 5.41) is 16.6. The van der Waals surface area contributed by atoms with E-state index in [0.717, 1.165) is 18.5 Å². The summed E-state index contributed by atoms with van der Waals surface area (Å²) in [5.41, 5.74) is 2.77. The quantitative estimate of drug-likeness (QED) is 0.771. The van der Waals surface area contributed by atoms with Gasteiger partial charge in [-0.25, -0.2) is 13.9 Å². The van der Waals surface area contributed by atoms with E-state index >= 15 is 0 Å². The molecule has 1 aromatic carbocycles. The van der Waals surface area contributed by atoms with Crippen LogP contribution in [0.1, 0.15) is 41.4 Å². The molecule has 136 valence electrons. The summed E-state index contributed by atoms with van der Waals surface area (Å²) in [6.45, 7) is 3.85. The first-order valence-electron chi connectivity index (χ1n) is 8.84. The monoisotopic (exact) mass is 363 g/mol. The van der Waals surface area contributed by atoms with E-state index in [1.54, 1.807) is 10.6 Å². The topological polar surface area (TPSA) is 83.1 Å². The van der Waals surface area contributed by atoms with Crippen LogP contribution in [-0.4, -0.2) is 26.5 Å². The molecule has 1 fully saturated rings. The summed E-state index contributed by atoms with van der Waals surface area (Å²) in [7, 11) is 0. The zero-order valence-electron chi connectivity index (χ0n) is 15.0. The fraction of sp³-hybridized carbons (Fsp3) is 0.300. The fourth-order valence-corrected chi connectivity index (χ4v) is 3.24. The number of carbonyl (C=O) groups is 1. The van der Waals surface area contributed by atoms with E-state index < -0.39 is 5.82 Å². The number of halogens is 1. The molecule has 3 aromatic rings. The molecule has 2 heterocycles. The molecule has 0 saturated heterocycles. The molecule has 1 N–H and O–H groups in total. The summed E-state index contributed by atoms with van der Waals surface area (Å²) >= 11 is 0. The van der Waals surface area contributed by atoms with Gasteiger partial charge in [-0.2, -0.15) is 10.4 Å². The highest BCUT2D eigenvalue weighted by molar-refractivity contribution is 6.00. The number of carbonyl (C=O) groups excluding carboxylic acids is 1. The highest BCUT2D eigenvalue weighted by Gasteiger charge is 2.30. The summed E-state index contributed by atoms with van der Waals surface area (Å²) in [5.74, 6) is -0.155. The van der Waals surface area contributed by atoms with Gasteiger partial charge in [0.15, 0.2) is 5.65 Å². The Balaban J connectivity index is 1.78. The van der Waals surface area contributed by atoms with Gasteiger partial charge in [-0.05, 0) is 56.9 Å². The van der Waals surface area contributed by atoms with Crippen molar-refractivity contribution in [3.05, 3.63) is 53.1 Å². The zero-order chi connectivity index (χ0) is 19.1. The fourth-order valence-electron chi connectivity index (χ4n) is 3.24. The van der Waals surface area contributed by atoms with E-state index in [4.69, 9.17) is 0 Å². The Hall–Kier alpha value is -3.27. The lowest BCUT2D eigenvalue weighted by Gasteiger charge is -2.12. The van der Waals surface area contributed by atoms with E-state index in [1.807, 2.05) is 19.9 Å². The molecule has 27 heavy (non-hydrogen) atoms. The van der Waals surface area contributed by atoms with Crippen LogP contribution in [0.3, 0.4) is 0 Å². The molecule has 1 amide bonds. The van der Waals surface area contributed by atoms with Gasteiger partial charge in [-0.1, -0.05) is 0 Å². The minimum Gasteiger partial charge on any atom is -0.349 e. The van der Waals surface area contributed by atoms with E-state index in [9.17, 15) is 14.4 Å². The SMILES string of the molecule is Cc1cc(-c2ccc(F)cc2C#N)nc2c(C(=O)N[C@@H](C)C3CC3)cnn12. The van der Waals surface area contributed by atoms with Crippen molar-refractivity contribution in [3.8, 4) is 17.3 Å². The summed E-state index contributed by atoms with van der Waals surface area (Å²) in [6.07, 6.45) is 3.78. The van der Waals surface area contributed by atoms with Gasteiger partial charge in [-0.15, -0.1) is 0 Å². The van der Waals surface area contributed by atoms with Crippen molar-refractivity contribution in [1.29, 1.82) is 5.26 Å². The van der Waals surface area contributed by atoms with Crippen LogP contribution < -0.4 is 5.32 Å². The van der Waals surface area contributed by atoms with Gasteiger partial charge in [0.2, 0.25) is 0 Å². The molecule has 1 aliphatic rings. The second-order valence-electron chi connectivity index (χ2n) is 6.98. The van der Waals surface area contributed by atoms with Crippen LogP contribution in [0.4, 0.5) is 4.39 Å². The maximum absolute atomic E-state index is 13.5. The molecule has 0 bridgehead atoms. The normalized spacial score (nSPS) is 14.7. The van der Waals surface area contributed by atoms with Gasteiger partial charge in [0.05, 0.1) is 23.5 Å². The lowest BCUT2D eigenvalue weighted by molar-refractivity contribution is 0.0937. The average molecular weight is 363 g/mol. The number of benzene rings is 1. The Labute approximate surface area is 155 Å². The third kappa shape index (κ3) is 3.14. The van der Waals surface area contributed by atoms with Gasteiger partial charge < -0.3 is 5.32 Å². The van der Waals surface area contributed by atoms with E-state index in [2.05, 4.69) is 15.4 Å². The first-order chi connectivity index (χ1) is 13.0. The third-order valence-electron chi connectivity index (χ3n) is 4.96. The molecule has 0 radical (unpaired) electrons. The van der Waals surface area contributed by atoms with Crippen LogP contribution in [0.25, 0.3) is 16.9 Å². The van der Waals surface area contributed by atoms with Crippen LogP contribution >= 0.6 is 0 Å². The van der Waals surface area contributed by atoms with Gasteiger partial charge in [0.1, 0.15) is 11.4 Å². The molecule has 4 rings (SSSR count). The standard InChI is InChI=1S/C20H18FN5O/c1-11-7-18(16-6-5-15(21)8-14(16)9-22)25-19-17(10-23-26(11)19)20(27)24-12(2)13-3-4-13/h5-8,10,12-13H,3-4H2,1-2H3,(H,24,27)/t12-/m0/s1. The third-order valence-corrected chi connectivity index (χ3v) is 4.96. The number of aryl methyl sites for hydroxylation is 1. The number of rotatable bonds is 4. The maximum atomic E-state index is 13.5. The first kappa shape index (κ1) is 17.2. The highest BCUT2D eigenvalue weighted by atomic mass is 19.1. The van der Waals surface area contributed by atoms with Crippen LogP contribution in [0.2, 0.25) is 0 Å². The first-order valence-corrected chi connectivity index (χ1v) is 8.84. The number of aromatic nitrogens is 3. The summed E-state index contributed by atoms with van der Waals surface area (Å²) in [4.78, 5) is 17.2. The van der Waals surface area contributed by atoms with Crippen molar-refractivity contribution in [1.82, 2.24) is 19.9 Å². The molecule has 0 aliphatic heterocycles.